The van der Waals surface area contributed by atoms with Gasteiger partial charge in [0.2, 0.25) is 0 Å². The highest BCUT2D eigenvalue weighted by molar-refractivity contribution is 5.68. The lowest BCUT2D eigenvalue weighted by Crippen LogP contribution is -1.97. The second kappa shape index (κ2) is 5.94. The summed E-state index contributed by atoms with van der Waals surface area (Å²) in [7, 11) is 1.67. The summed E-state index contributed by atoms with van der Waals surface area (Å²) in [5.74, 6) is 1.05. The normalized spacial score (nSPS) is 11.0. The maximum Gasteiger partial charge on any atom is 0.154 e. The smallest absolute Gasteiger partial charge is 0.154 e. The Kier molecular flexibility index (Phi) is 3.61. The zero-order chi connectivity index (χ0) is 17.4. The van der Waals surface area contributed by atoms with Crippen molar-refractivity contribution in [3.05, 3.63) is 66.4 Å². The van der Waals surface area contributed by atoms with E-state index in [1.807, 2.05) is 47.8 Å². The monoisotopic (exact) mass is 331 g/mol. The number of rotatable bonds is 3. The third kappa shape index (κ3) is 2.70. The van der Waals surface area contributed by atoms with Crippen molar-refractivity contribution in [3.63, 3.8) is 0 Å². The van der Waals surface area contributed by atoms with Gasteiger partial charge in [-0.05, 0) is 42.8 Å². The molecule has 0 bridgehead atoms. The molecular formula is C20H17N3O2. The third-order valence-corrected chi connectivity index (χ3v) is 4.21. The Labute approximate surface area is 145 Å². The molecule has 0 spiro atoms. The Bertz CT molecular complexity index is 1070. The van der Waals surface area contributed by atoms with Crippen molar-refractivity contribution in [2.45, 2.75) is 6.92 Å². The number of imidazole rings is 1. The average molecular weight is 331 g/mol. The molecule has 5 nitrogen and oxygen atoms in total. The number of hydrogen-bond donors (Lipinski definition) is 1. The van der Waals surface area contributed by atoms with Crippen LogP contribution in [0.15, 0.2) is 60.8 Å². The molecule has 0 amide bonds. The van der Waals surface area contributed by atoms with Crippen molar-refractivity contribution in [2.24, 2.45) is 0 Å². The molecule has 0 saturated heterocycles. The number of benzene rings is 2. The van der Waals surface area contributed by atoms with Gasteiger partial charge in [0.05, 0.1) is 24.7 Å². The molecule has 2 heterocycles. The lowest BCUT2D eigenvalue weighted by Gasteiger charge is -2.08. The standard InChI is InChI=1S/C20H17N3O2/c1-13-6-7-15(11-19(13)25-2)18-12-21-20-9-8-17(22-23(18)20)14-4-3-5-16(24)10-14/h3-12,24H,1-2H3. The molecule has 0 aliphatic heterocycles. The molecule has 0 aliphatic rings. The predicted octanol–water partition coefficient (Wildman–Crippen LogP) is 4.09. The SMILES string of the molecule is COc1cc(-c2cnc3ccc(-c4cccc(O)c4)nn23)ccc1C. The Morgan fingerprint density at radius 1 is 1.00 bits per heavy atom. The van der Waals surface area contributed by atoms with Crippen LogP contribution in [0.25, 0.3) is 28.2 Å². The van der Waals surface area contributed by atoms with Crippen LogP contribution in [0.4, 0.5) is 0 Å². The van der Waals surface area contributed by atoms with Crippen LogP contribution in [-0.4, -0.2) is 26.8 Å². The number of aromatic nitrogens is 3. The Balaban J connectivity index is 1.87. The summed E-state index contributed by atoms with van der Waals surface area (Å²) in [5, 5.41) is 14.4. The highest BCUT2D eigenvalue weighted by atomic mass is 16.5. The van der Waals surface area contributed by atoms with E-state index >= 15 is 0 Å². The van der Waals surface area contributed by atoms with Crippen molar-refractivity contribution < 1.29 is 9.84 Å². The maximum atomic E-state index is 9.70. The zero-order valence-corrected chi connectivity index (χ0v) is 14.0. The summed E-state index contributed by atoms with van der Waals surface area (Å²) >= 11 is 0. The number of phenolic OH excluding ortho intramolecular Hbond substituents is 1. The molecule has 124 valence electrons. The van der Waals surface area contributed by atoms with Crippen LogP contribution in [0.1, 0.15) is 5.56 Å². The van der Waals surface area contributed by atoms with Gasteiger partial charge in [-0.25, -0.2) is 9.50 Å². The molecule has 25 heavy (non-hydrogen) atoms. The number of aromatic hydroxyl groups is 1. The molecule has 0 aliphatic carbocycles. The molecule has 0 radical (unpaired) electrons. The molecule has 0 unspecified atom stereocenters. The third-order valence-electron chi connectivity index (χ3n) is 4.21. The highest BCUT2D eigenvalue weighted by Gasteiger charge is 2.11. The number of methoxy groups -OCH3 is 1. The van der Waals surface area contributed by atoms with Gasteiger partial charge in [-0.3, -0.25) is 0 Å². The summed E-state index contributed by atoms with van der Waals surface area (Å²) < 4.78 is 7.23. The summed E-state index contributed by atoms with van der Waals surface area (Å²) in [6.45, 7) is 2.01. The van der Waals surface area contributed by atoms with Crippen LogP contribution in [0.2, 0.25) is 0 Å². The number of fused-ring (bicyclic) bond motifs is 1. The van der Waals surface area contributed by atoms with Crippen LogP contribution in [-0.2, 0) is 0 Å². The van der Waals surface area contributed by atoms with Gasteiger partial charge in [-0.1, -0.05) is 24.3 Å². The van der Waals surface area contributed by atoms with Gasteiger partial charge < -0.3 is 9.84 Å². The molecule has 0 saturated carbocycles. The molecule has 0 atom stereocenters. The first kappa shape index (κ1) is 15.2. The quantitative estimate of drug-likeness (QED) is 0.614. The van der Waals surface area contributed by atoms with Gasteiger partial charge in [0.25, 0.3) is 0 Å². The van der Waals surface area contributed by atoms with Gasteiger partial charge in [-0.15, -0.1) is 0 Å². The molecule has 2 aromatic heterocycles. The largest absolute Gasteiger partial charge is 0.508 e. The van der Waals surface area contributed by atoms with E-state index < -0.39 is 0 Å². The van der Waals surface area contributed by atoms with Crippen LogP contribution in [0.5, 0.6) is 11.5 Å². The fraction of sp³-hybridized carbons (Fsp3) is 0.100. The molecule has 1 N–H and O–H groups in total. The lowest BCUT2D eigenvalue weighted by molar-refractivity contribution is 0.412. The molecule has 0 fully saturated rings. The van der Waals surface area contributed by atoms with Crippen molar-refractivity contribution in [2.75, 3.05) is 7.11 Å². The highest BCUT2D eigenvalue weighted by Crippen LogP contribution is 2.28. The molecule has 4 aromatic rings. The van der Waals surface area contributed by atoms with Gasteiger partial charge >= 0.3 is 0 Å². The van der Waals surface area contributed by atoms with Crippen LogP contribution < -0.4 is 4.74 Å². The summed E-state index contributed by atoms with van der Waals surface area (Å²) in [5.41, 5.74) is 5.32. The summed E-state index contributed by atoms with van der Waals surface area (Å²) in [6, 6.07) is 16.9. The first-order valence-electron chi connectivity index (χ1n) is 7.95. The Morgan fingerprint density at radius 3 is 2.68 bits per heavy atom. The zero-order valence-electron chi connectivity index (χ0n) is 14.0. The van der Waals surface area contributed by atoms with Crippen molar-refractivity contribution in [3.8, 4) is 34.0 Å². The van der Waals surface area contributed by atoms with Crippen LogP contribution in [0, 0.1) is 6.92 Å². The molecule has 5 heteroatoms. The van der Waals surface area contributed by atoms with Crippen LogP contribution >= 0.6 is 0 Å². The van der Waals surface area contributed by atoms with Crippen molar-refractivity contribution in [1.29, 1.82) is 0 Å². The van der Waals surface area contributed by atoms with Gasteiger partial charge in [0.1, 0.15) is 11.5 Å². The lowest BCUT2D eigenvalue weighted by atomic mass is 10.1. The van der Waals surface area contributed by atoms with Gasteiger partial charge in [0.15, 0.2) is 5.65 Å². The second-order valence-electron chi connectivity index (χ2n) is 5.87. The molecule has 2 aromatic carbocycles. The van der Waals surface area contributed by atoms with Gasteiger partial charge in [-0.2, -0.15) is 5.10 Å². The second-order valence-corrected chi connectivity index (χ2v) is 5.87. The summed E-state index contributed by atoms with van der Waals surface area (Å²) in [4.78, 5) is 4.44. The minimum Gasteiger partial charge on any atom is -0.508 e. The van der Waals surface area contributed by atoms with Crippen molar-refractivity contribution in [1.82, 2.24) is 14.6 Å². The maximum absolute atomic E-state index is 9.70. The number of hydrogen-bond acceptors (Lipinski definition) is 4. The van der Waals surface area contributed by atoms with E-state index in [2.05, 4.69) is 4.98 Å². The Morgan fingerprint density at radius 2 is 1.88 bits per heavy atom. The van der Waals surface area contributed by atoms with Crippen LogP contribution in [0.3, 0.4) is 0 Å². The van der Waals surface area contributed by atoms with E-state index in [0.717, 1.165) is 39.5 Å². The number of nitrogens with zero attached hydrogens (tertiary/aromatic N) is 3. The minimum absolute atomic E-state index is 0.216. The number of phenols is 1. The number of aryl methyl sites for hydroxylation is 1. The first-order chi connectivity index (χ1) is 12.2. The minimum atomic E-state index is 0.216. The number of ether oxygens (including phenoxy) is 1. The molecular weight excluding hydrogens is 314 g/mol. The predicted molar refractivity (Wildman–Crippen MR) is 96.8 cm³/mol. The van der Waals surface area contributed by atoms with E-state index in [4.69, 9.17) is 9.84 Å². The fourth-order valence-corrected chi connectivity index (χ4v) is 2.87. The van der Waals surface area contributed by atoms with E-state index in [1.54, 1.807) is 31.5 Å². The van der Waals surface area contributed by atoms with E-state index in [0.29, 0.717) is 0 Å². The van der Waals surface area contributed by atoms with Crippen molar-refractivity contribution >= 4 is 5.65 Å². The van der Waals surface area contributed by atoms with Gasteiger partial charge in [0, 0.05) is 11.1 Å². The fourth-order valence-electron chi connectivity index (χ4n) is 2.87. The van der Waals surface area contributed by atoms with E-state index in [1.165, 1.54) is 0 Å². The summed E-state index contributed by atoms with van der Waals surface area (Å²) in [6.07, 6.45) is 1.80. The van der Waals surface area contributed by atoms with E-state index in [9.17, 15) is 5.11 Å². The molecule has 4 rings (SSSR count). The Hall–Kier alpha value is -3.34. The van der Waals surface area contributed by atoms with E-state index in [-0.39, 0.29) is 5.75 Å². The average Bonchev–Trinajstić information content (AvgIpc) is 3.05. The topological polar surface area (TPSA) is 59.7 Å². The first-order valence-corrected chi connectivity index (χ1v) is 7.95.